The number of carbonyl (C=O) groups excluding carboxylic acids is 1. The maximum Gasteiger partial charge on any atom is 0.416 e. The van der Waals surface area contributed by atoms with Gasteiger partial charge in [0.05, 0.1) is 17.4 Å². The zero-order valence-electron chi connectivity index (χ0n) is 10.9. The van der Waals surface area contributed by atoms with E-state index in [0.717, 1.165) is 17.7 Å². The van der Waals surface area contributed by atoms with Gasteiger partial charge in [-0.25, -0.2) is 0 Å². The largest absolute Gasteiger partial charge is 0.416 e. The second-order valence-electron chi connectivity index (χ2n) is 4.79. The Balaban J connectivity index is 1.94. The van der Waals surface area contributed by atoms with Crippen molar-refractivity contribution < 1.29 is 18.0 Å². The van der Waals surface area contributed by atoms with Crippen LogP contribution in [0.3, 0.4) is 0 Å². The van der Waals surface area contributed by atoms with Gasteiger partial charge in [-0.1, -0.05) is 6.07 Å². The predicted molar refractivity (Wildman–Crippen MR) is 71.1 cm³/mol. The molecule has 0 N–H and O–H groups in total. The van der Waals surface area contributed by atoms with E-state index in [2.05, 4.69) is 4.98 Å². The molecule has 0 aliphatic carbocycles. The zero-order chi connectivity index (χ0) is 15.0. The number of rotatable bonds is 1. The number of benzene rings is 1. The number of nitrogens with zero attached hydrogens (tertiary/aromatic N) is 2. The average Bonchev–Trinajstić information content (AvgIpc) is 2.90. The van der Waals surface area contributed by atoms with Gasteiger partial charge in [0.2, 0.25) is 0 Å². The molecule has 2 aromatic rings. The van der Waals surface area contributed by atoms with E-state index < -0.39 is 17.6 Å². The number of hydrogen-bond acceptors (Lipinski definition) is 2. The monoisotopic (exact) mass is 292 g/mol. The molecule has 0 radical (unpaired) electrons. The number of alkyl halides is 3. The number of amides is 1. The molecule has 2 heterocycles. The van der Waals surface area contributed by atoms with Gasteiger partial charge in [-0.15, -0.1) is 0 Å². The van der Waals surface area contributed by atoms with Gasteiger partial charge in [-0.2, -0.15) is 13.2 Å². The van der Waals surface area contributed by atoms with E-state index in [0.29, 0.717) is 18.7 Å². The molecule has 21 heavy (non-hydrogen) atoms. The average molecular weight is 292 g/mol. The van der Waals surface area contributed by atoms with Gasteiger partial charge >= 0.3 is 6.18 Å². The number of fused-ring (bicyclic) bond motifs is 1. The lowest BCUT2D eigenvalue weighted by Crippen LogP contribution is -2.29. The number of anilines is 1. The Labute approximate surface area is 119 Å². The van der Waals surface area contributed by atoms with Crippen LogP contribution in [0, 0.1) is 0 Å². The lowest BCUT2D eigenvalue weighted by molar-refractivity contribution is -0.137. The van der Waals surface area contributed by atoms with Crippen LogP contribution in [0.15, 0.2) is 42.7 Å². The molecular weight excluding hydrogens is 281 g/mol. The summed E-state index contributed by atoms with van der Waals surface area (Å²) in [7, 11) is 0. The van der Waals surface area contributed by atoms with Crippen LogP contribution in [-0.4, -0.2) is 17.4 Å². The van der Waals surface area contributed by atoms with Crippen molar-refractivity contribution in [3.63, 3.8) is 0 Å². The Hall–Kier alpha value is -2.37. The standard InChI is InChI=1S/C15H11F3N2O/c16-15(17,18)12-3-1-2-11(8-12)14(21)20-7-5-10-4-6-19-9-13(10)20/h1-4,6,8-9H,5,7H2. The fourth-order valence-electron chi connectivity index (χ4n) is 2.42. The smallest absolute Gasteiger partial charge is 0.306 e. The second-order valence-corrected chi connectivity index (χ2v) is 4.79. The lowest BCUT2D eigenvalue weighted by atomic mass is 10.1. The minimum Gasteiger partial charge on any atom is -0.306 e. The van der Waals surface area contributed by atoms with Crippen LogP contribution >= 0.6 is 0 Å². The molecule has 1 aliphatic rings. The fraction of sp³-hybridized carbons (Fsp3) is 0.200. The first-order valence-corrected chi connectivity index (χ1v) is 6.39. The summed E-state index contributed by atoms with van der Waals surface area (Å²) in [6.07, 6.45) is -0.575. The van der Waals surface area contributed by atoms with Crippen LogP contribution in [0.4, 0.5) is 18.9 Å². The lowest BCUT2D eigenvalue weighted by Gasteiger charge is -2.17. The van der Waals surface area contributed by atoms with Crippen molar-refractivity contribution in [3.8, 4) is 0 Å². The Morgan fingerprint density at radius 1 is 1.24 bits per heavy atom. The number of pyridine rings is 1. The summed E-state index contributed by atoms with van der Waals surface area (Å²) < 4.78 is 38.1. The number of halogens is 3. The Kier molecular flexibility index (Phi) is 3.16. The van der Waals surface area contributed by atoms with Crippen LogP contribution in [0.2, 0.25) is 0 Å². The Morgan fingerprint density at radius 2 is 2.05 bits per heavy atom. The maximum absolute atomic E-state index is 12.7. The third-order valence-electron chi connectivity index (χ3n) is 3.47. The maximum atomic E-state index is 12.7. The van der Waals surface area contributed by atoms with Gasteiger partial charge < -0.3 is 4.90 Å². The van der Waals surface area contributed by atoms with Crippen molar-refractivity contribution in [2.24, 2.45) is 0 Å². The molecule has 1 aromatic heterocycles. The van der Waals surface area contributed by atoms with Crippen molar-refractivity contribution in [1.29, 1.82) is 0 Å². The summed E-state index contributed by atoms with van der Waals surface area (Å²) in [5.74, 6) is -0.437. The van der Waals surface area contributed by atoms with Crippen LogP contribution in [0.1, 0.15) is 21.5 Å². The minimum atomic E-state index is -4.46. The highest BCUT2D eigenvalue weighted by atomic mass is 19.4. The van der Waals surface area contributed by atoms with Crippen LogP contribution < -0.4 is 4.90 Å². The topological polar surface area (TPSA) is 33.2 Å². The first-order valence-electron chi connectivity index (χ1n) is 6.39. The number of hydrogen-bond donors (Lipinski definition) is 0. The van der Waals surface area contributed by atoms with Gasteiger partial charge in [0, 0.05) is 18.3 Å². The summed E-state index contributed by atoms with van der Waals surface area (Å²) >= 11 is 0. The van der Waals surface area contributed by atoms with Crippen molar-refractivity contribution in [3.05, 3.63) is 59.4 Å². The van der Waals surface area contributed by atoms with Crippen LogP contribution in [0.5, 0.6) is 0 Å². The fourth-order valence-corrected chi connectivity index (χ4v) is 2.42. The summed E-state index contributed by atoms with van der Waals surface area (Å²) in [6.45, 7) is 0.454. The van der Waals surface area contributed by atoms with Gasteiger partial charge in [0.15, 0.2) is 0 Å². The van der Waals surface area contributed by atoms with Gasteiger partial charge in [0.25, 0.3) is 5.91 Å². The second kappa shape index (κ2) is 4.87. The normalized spacial score (nSPS) is 14.1. The van der Waals surface area contributed by atoms with E-state index in [1.165, 1.54) is 17.0 Å². The molecule has 0 saturated heterocycles. The highest BCUT2D eigenvalue weighted by Gasteiger charge is 2.32. The highest BCUT2D eigenvalue weighted by molar-refractivity contribution is 6.07. The molecule has 0 bridgehead atoms. The van der Waals surface area contributed by atoms with E-state index in [1.807, 2.05) is 6.07 Å². The van der Waals surface area contributed by atoms with Crippen molar-refractivity contribution in [2.45, 2.75) is 12.6 Å². The van der Waals surface area contributed by atoms with Gasteiger partial charge in [0.1, 0.15) is 0 Å². The Bertz CT molecular complexity index is 697. The quantitative estimate of drug-likeness (QED) is 0.808. The van der Waals surface area contributed by atoms with Gasteiger partial charge in [-0.05, 0) is 36.2 Å². The van der Waals surface area contributed by atoms with Crippen molar-refractivity contribution in [1.82, 2.24) is 4.98 Å². The molecule has 1 aliphatic heterocycles. The third-order valence-corrected chi connectivity index (χ3v) is 3.47. The van der Waals surface area contributed by atoms with Crippen LogP contribution in [-0.2, 0) is 12.6 Å². The summed E-state index contributed by atoms with van der Waals surface area (Å²) in [5.41, 5.74) is 0.853. The molecule has 108 valence electrons. The first kappa shape index (κ1) is 13.6. The molecule has 1 amide bonds. The zero-order valence-corrected chi connectivity index (χ0v) is 10.9. The number of carbonyl (C=O) groups is 1. The molecule has 0 spiro atoms. The van der Waals surface area contributed by atoms with E-state index in [1.54, 1.807) is 12.4 Å². The minimum absolute atomic E-state index is 0.0292. The molecular formula is C15H11F3N2O. The SMILES string of the molecule is O=C(c1cccc(C(F)(F)F)c1)N1CCc2ccncc21. The van der Waals surface area contributed by atoms with E-state index in [9.17, 15) is 18.0 Å². The Morgan fingerprint density at radius 3 is 2.81 bits per heavy atom. The van der Waals surface area contributed by atoms with Crippen molar-refractivity contribution in [2.75, 3.05) is 11.4 Å². The van der Waals surface area contributed by atoms with E-state index in [4.69, 9.17) is 0 Å². The van der Waals surface area contributed by atoms with E-state index >= 15 is 0 Å². The summed E-state index contributed by atoms with van der Waals surface area (Å²) in [6, 6.07) is 6.30. The predicted octanol–water partition coefficient (Wildman–Crippen LogP) is 3.30. The third kappa shape index (κ3) is 2.49. The molecule has 3 rings (SSSR count). The molecule has 1 aromatic carbocycles. The number of aromatic nitrogens is 1. The molecule has 0 atom stereocenters. The highest BCUT2D eigenvalue weighted by Crippen LogP contribution is 2.31. The summed E-state index contributed by atoms with van der Waals surface area (Å²) in [5, 5.41) is 0. The summed E-state index contributed by atoms with van der Waals surface area (Å²) in [4.78, 5) is 17.9. The van der Waals surface area contributed by atoms with Gasteiger partial charge in [-0.3, -0.25) is 9.78 Å². The molecule has 6 heteroatoms. The van der Waals surface area contributed by atoms with Crippen LogP contribution in [0.25, 0.3) is 0 Å². The van der Waals surface area contributed by atoms with E-state index in [-0.39, 0.29) is 5.56 Å². The first-order chi connectivity index (χ1) is 9.97. The molecule has 0 saturated carbocycles. The molecule has 0 unspecified atom stereocenters. The molecule has 3 nitrogen and oxygen atoms in total. The molecule has 0 fully saturated rings. The van der Waals surface area contributed by atoms with Crippen molar-refractivity contribution >= 4 is 11.6 Å².